The lowest BCUT2D eigenvalue weighted by Gasteiger charge is -2.06. The van der Waals surface area contributed by atoms with Gasteiger partial charge in [-0.05, 0) is 55.0 Å². The van der Waals surface area contributed by atoms with Crippen LogP contribution in [0.3, 0.4) is 0 Å². The molecule has 0 fully saturated rings. The molecule has 0 saturated carbocycles. The average Bonchev–Trinajstić information content (AvgIpc) is 2.31. The second-order valence-electron chi connectivity index (χ2n) is 3.98. The van der Waals surface area contributed by atoms with Crippen LogP contribution < -0.4 is 5.32 Å². The lowest BCUT2D eigenvalue weighted by atomic mass is 10.1. The third kappa shape index (κ3) is 3.34. The largest absolute Gasteiger partial charge is 0.322 e. The van der Waals surface area contributed by atoms with Crippen LogP contribution in [0.15, 0.2) is 46.9 Å². The smallest absolute Gasteiger partial charge is 0.255 e. The molecule has 4 heteroatoms. The van der Waals surface area contributed by atoms with Crippen LogP contribution in [0.1, 0.15) is 15.9 Å². The van der Waals surface area contributed by atoms with Gasteiger partial charge in [0.2, 0.25) is 0 Å². The molecule has 0 aliphatic carbocycles. The number of benzene rings is 2. The number of nitrogens with one attached hydrogen (secondary N) is 1. The molecule has 0 aromatic heterocycles. The molecule has 1 N–H and O–H groups in total. The second kappa shape index (κ2) is 5.55. The van der Waals surface area contributed by atoms with E-state index in [0.717, 1.165) is 15.7 Å². The summed E-state index contributed by atoms with van der Waals surface area (Å²) in [5, 5.41) is 3.47. The number of aryl methyl sites for hydroxylation is 1. The van der Waals surface area contributed by atoms with Crippen molar-refractivity contribution in [1.29, 1.82) is 0 Å². The first-order valence-corrected chi connectivity index (χ1v) is 6.56. The maximum Gasteiger partial charge on any atom is 0.255 e. The topological polar surface area (TPSA) is 29.1 Å². The van der Waals surface area contributed by atoms with Gasteiger partial charge in [-0.1, -0.05) is 27.5 Å². The van der Waals surface area contributed by atoms with Crippen molar-refractivity contribution in [2.75, 3.05) is 5.32 Å². The summed E-state index contributed by atoms with van der Waals surface area (Å²) < 4.78 is 0.892. The van der Waals surface area contributed by atoms with E-state index in [4.69, 9.17) is 11.6 Å². The fraction of sp³-hybridized carbons (Fsp3) is 0.0714. The minimum Gasteiger partial charge on any atom is -0.322 e. The van der Waals surface area contributed by atoms with E-state index in [9.17, 15) is 4.79 Å². The lowest BCUT2D eigenvalue weighted by molar-refractivity contribution is 0.102. The summed E-state index contributed by atoms with van der Waals surface area (Å²) >= 11 is 9.17. The third-order valence-electron chi connectivity index (χ3n) is 2.41. The summed E-state index contributed by atoms with van der Waals surface area (Å²) in [5.41, 5.74) is 2.38. The Morgan fingerprint density at radius 1 is 1.17 bits per heavy atom. The Morgan fingerprint density at radius 2 is 1.83 bits per heavy atom. The van der Waals surface area contributed by atoms with E-state index in [-0.39, 0.29) is 5.91 Å². The Morgan fingerprint density at radius 3 is 2.44 bits per heavy atom. The SMILES string of the molecule is Cc1cc(Br)cc(C(=O)Nc2ccc(Cl)cc2)c1. The predicted molar refractivity (Wildman–Crippen MR) is 78.3 cm³/mol. The number of carbonyl (C=O) groups excluding carboxylic acids is 1. The molecule has 0 atom stereocenters. The number of carbonyl (C=O) groups is 1. The molecule has 0 unspecified atom stereocenters. The van der Waals surface area contributed by atoms with Gasteiger partial charge in [0.05, 0.1) is 0 Å². The fourth-order valence-electron chi connectivity index (χ4n) is 1.60. The van der Waals surface area contributed by atoms with E-state index in [2.05, 4.69) is 21.2 Å². The van der Waals surface area contributed by atoms with Crippen LogP contribution in [0.2, 0.25) is 5.02 Å². The summed E-state index contributed by atoms with van der Waals surface area (Å²) in [6.07, 6.45) is 0. The number of anilines is 1. The van der Waals surface area contributed by atoms with Gasteiger partial charge in [0.25, 0.3) is 5.91 Å². The van der Waals surface area contributed by atoms with Crippen molar-refractivity contribution in [3.63, 3.8) is 0 Å². The molecule has 92 valence electrons. The normalized spacial score (nSPS) is 10.2. The molecular weight excluding hydrogens is 314 g/mol. The number of rotatable bonds is 2. The van der Waals surface area contributed by atoms with E-state index in [0.29, 0.717) is 10.6 Å². The maximum absolute atomic E-state index is 12.0. The van der Waals surface area contributed by atoms with Crippen LogP contribution in [0.5, 0.6) is 0 Å². The number of hydrogen-bond acceptors (Lipinski definition) is 1. The van der Waals surface area contributed by atoms with Crippen LogP contribution >= 0.6 is 27.5 Å². The molecule has 18 heavy (non-hydrogen) atoms. The van der Waals surface area contributed by atoms with E-state index < -0.39 is 0 Å². The molecule has 0 saturated heterocycles. The van der Waals surface area contributed by atoms with Gasteiger partial charge in [0.1, 0.15) is 0 Å². The van der Waals surface area contributed by atoms with Gasteiger partial charge in [0, 0.05) is 20.7 Å². The Balaban J connectivity index is 2.19. The van der Waals surface area contributed by atoms with Crippen LogP contribution in [-0.4, -0.2) is 5.91 Å². The maximum atomic E-state index is 12.0. The first-order chi connectivity index (χ1) is 8.54. The average molecular weight is 325 g/mol. The van der Waals surface area contributed by atoms with Crippen molar-refractivity contribution in [2.24, 2.45) is 0 Å². The Bertz CT molecular complexity index is 561. The van der Waals surface area contributed by atoms with Crippen LogP contribution in [0.4, 0.5) is 5.69 Å². The highest BCUT2D eigenvalue weighted by Crippen LogP contribution is 2.18. The van der Waals surface area contributed by atoms with Crippen molar-refractivity contribution in [3.8, 4) is 0 Å². The highest BCUT2D eigenvalue weighted by molar-refractivity contribution is 9.10. The van der Waals surface area contributed by atoms with Crippen LogP contribution in [-0.2, 0) is 0 Å². The van der Waals surface area contributed by atoms with Crippen molar-refractivity contribution >= 4 is 39.1 Å². The van der Waals surface area contributed by atoms with Crippen molar-refractivity contribution in [3.05, 3.63) is 63.1 Å². The zero-order valence-corrected chi connectivity index (χ0v) is 12.0. The van der Waals surface area contributed by atoms with E-state index >= 15 is 0 Å². The Hall–Kier alpha value is -1.32. The molecule has 2 nitrogen and oxygen atoms in total. The fourth-order valence-corrected chi connectivity index (χ4v) is 2.34. The zero-order valence-electron chi connectivity index (χ0n) is 9.71. The molecule has 1 amide bonds. The highest BCUT2D eigenvalue weighted by atomic mass is 79.9. The minimum atomic E-state index is -0.137. The number of amides is 1. The Kier molecular flexibility index (Phi) is 4.04. The Labute approximate surface area is 119 Å². The number of hydrogen-bond donors (Lipinski definition) is 1. The van der Waals surface area contributed by atoms with E-state index in [1.165, 1.54) is 0 Å². The van der Waals surface area contributed by atoms with Gasteiger partial charge < -0.3 is 5.32 Å². The van der Waals surface area contributed by atoms with Crippen LogP contribution in [0.25, 0.3) is 0 Å². The van der Waals surface area contributed by atoms with Gasteiger partial charge in [0.15, 0.2) is 0 Å². The summed E-state index contributed by atoms with van der Waals surface area (Å²) in [6, 6.07) is 12.6. The molecule has 2 aromatic rings. The van der Waals surface area contributed by atoms with Gasteiger partial charge in [-0.3, -0.25) is 4.79 Å². The molecule has 2 rings (SSSR count). The summed E-state index contributed by atoms with van der Waals surface area (Å²) in [5.74, 6) is -0.137. The highest BCUT2D eigenvalue weighted by Gasteiger charge is 2.07. The quantitative estimate of drug-likeness (QED) is 0.855. The molecule has 0 aliphatic rings. The van der Waals surface area contributed by atoms with Crippen molar-refractivity contribution < 1.29 is 4.79 Å². The van der Waals surface area contributed by atoms with Crippen molar-refractivity contribution in [1.82, 2.24) is 0 Å². The van der Waals surface area contributed by atoms with E-state index in [1.807, 2.05) is 19.1 Å². The number of halogens is 2. The van der Waals surface area contributed by atoms with Crippen LogP contribution in [0, 0.1) is 6.92 Å². The summed E-state index contributed by atoms with van der Waals surface area (Å²) in [4.78, 5) is 12.0. The first-order valence-electron chi connectivity index (χ1n) is 5.39. The zero-order chi connectivity index (χ0) is 13.1. The molecule has 0 aliphatic heterocycles. The third-order valence-corrected chi connectivity index (χ3v) is 3.12. The monoisotopic (exact) mass is 323 g/mol. The summed E-state index contributed by atoms with van der Waals surface area (Å²) in [6.45, 7) is 1.95. The molecule has 0 spiro atoms. The molecular formula is C14H11BrClNO. The van der Waals surface area contributed by atoms with Crippen molar-refractivity contribution in [2.45, 2.75) is 6.92 Å². The predicted octanol–water partition coefficient (Wildman–Crippen LogP) is 4.66. The summed E-state index contributed by atoms with van der Waals surface area (Å²) in [7, 11) is 0. The molecule has 0 heterocycles. The molecule has 2 aromatic carbocycles. The van der Waals surface area contributed by atoms with Gasteiger partial charge >= 0.3 is 0 Å². The van der Waals surface area contributed by atoms with Gasteiger partial charge in [-0.2, -0.15) is 0 Å². The molecule has 0 bridgehead atoms. The van der Waals surface area contributed by atoms with E-state index in [1.54, 1.807) is 30.3 Å². The van der Waals surface area contributed by atoms with Gasteiger partial charge in [-0.25, -0.2) is 0 Å². The molecule has 0 radical (unpaired) electrons. The minimum absolute atomic E-state index is 0.137. The lowest BCUT2D eigenvalue weighted by Crippen LogP contribution is -2.11. The first kappa shape index (κ1) is 13.1. The standard InChI is InChI=1S/C14H11BrClNO/c1-9-6-10(8-11(15)7-9)14(18)17-13-4-2-12(16)3-5-13/h2-8H,1H3,(H,17,18). The van der Waals surface area contributed by atoms with Gasteiger partial charge in [-0.15, -0.1) is 0 Å². The second-order valence-corrected chi connectivity index (χ2v) is 5.33.